The number of halogens is 3. The Kier molecular flexibility index (Phi) is 6.20. The van der Waals surface area contributed by atoms with Gasteiger partial charge in [0.05, 0.1) is 5.56 Å². The van der Waals surface area contributed by atoms with Crippen molar-refractivity contribution >= 4 is 17.4 Å². The minimum atomic E-state index is -4.62. The standard InChI is InChI=1S/C23H19F3N2O2/c1-15-11-13-17(14-12-15)22(30)28-21(20(29)16-7-3-2-4-8-16)27-19-10-6-5-9-18(19)23(24,25)26/h2-14,21,27H,1H3,(H,28,30)/t21-/m1/s1. The number of alkyl halides is 3. The Bertz CT molecular complexity index is 1030. The maximum atomic E-state index is 13.4. The molecule has 0 saturated carbocycles. The lowest BCUT2D eigenvalue weighted by Gasteiger charge is -2.23. The first-order valence-corrected chi connectivity index (χ1v) is 9.15. The molecule has 154 valence electrons. The number of hydrogen-bond donors (Lipinski definition) is 2. The van der Waals surface area contributed by atoms with Gasteiger partial charge >= 0.3 is 6.18 Å². The predicted molar refractivity (Wildman–Crippen MR) is 108 cm³/mol. The summed E-state index contributed by atoms with van der Waals surface area (Å²) in [5.41, 5.74) is 0.255. The minimum Gasteiger partial charge on any atom is -0.358 e. The van der Waals surface area contributed by atoms with Gasteiger partial charge in [-0.3, -0.25) is 9.59 Å². The number of carbonyl (C=O) groups excluding carboxylic acids is 2. The Morgan fingerprint density at radius 3 is 2.03 bits per heavy atom. The SMILES string of the molecule is Cc1ccc(C(=O)N[C@@H](Nc2ccccc2C(F)(F)F)C(=O)c2ccccc2)cc1. The number of benzene rings is 3. The summed E-state index contributed by atoms with van der Waals surface area (Å²) in [5.74, 6) is -1.14. The molecule has 4 nitrogen and oxygen atoms in total. The van der Waals surface area contributed by atoms with Crippen LogP contribution in [0.2, 0.25) is 0 Å². The van der Waals surface area contributed by atoms with Gasteiger partial charge in [0.15, 0.2) is 6.17 Å². The molecule has 2 N–H and O–H groups in total. The Labute approximate surface area is 171 Å². The lowest BCUT2D eigenvalue weighted by Crippen LogP contribution is -2.46. The third-order valence-corrected chi connectivity index (χ3v) is 4.44. The first-order valence-electron chi connectivity index (χ1n) is 9.15. The van der Waals surface area contributed by atoms with E-state index >= 15 is 0 Å². The van der Waals surface area contributed by atoms with E-state index in [1.165, 1.54) is 30.3 Å². The van der Waals surface area contributed by atoms with Crippen LogP contribution in [0.4, 0.5) is 18.9 Å². The maximum absolute atomic E-state index is 13.4. The van der Waals surface area contributed by atoms with Gasteiger partial charge in [-0.15, -0.1) is 0 Å². The number of rotatable bonds is 6. The summed E-state index contributed by atoms with van der Waals surface area (Å²) in [7, 11) is 0. The molecule has 0 aromatic heterocycles. The molecule has 0 unspecified atom stereocenters. The molecule has 3 aromatic rings. The van der Waals surface area contributed by atoms with Gasteiger partial charge in [0.1, 0.15) is 0 Å². The lowest BCUT2D eigenvalue weighted by atomic mass is 10.1. The van der Waals surface area contributed by atoms with Gasteiger partial charge in [0.25, 0.3) is 5.91 Å². The van der Waals surface area contributed by atoms with Gasteiger partial charge in [-0.25, -0.2) is 0 Å². The van der Waals surface area contributed by atoms with Crippen molar-refractivity contribution in [2.24, 2.45) is 0 Å². The Morgan fingerprint density at radius 1 is 0.800 bits per heavy atom. The van der Waals surface area contributed by atoms with Crippen molar-refractivity contribution in [3.8, 4) is 0 Å². The van der Waals surface area contributed by atoms with Crippen molar-refractivity contribution in [2.75, 3.05) is 5.32 Å². The molecule has 3 rings (SSSR count). The van der Waals surface area contributed by atoms with Crippen LogP contribution in [0.25, 0.3) is 0 Å². The molecular formula is C23H19F3N2O2. The molecule has 0 aliphatic rings. The van der Waals surface area contributed by atoms with E-state index in [9.17, 15) is 22.8 Å². The molecule has 0 fully saturated rings. The average Bonchev–Trinajstić information content (AvgIpc) is 2.73. The zero-order valence-corrected chi connectivity index (χ0v) is 16.0. The third-order valence-electron chi connectivity index (χ3n) is 4.44. The minimum absolute atomic E-state index is 0.253. The number of para-hydroxylation sites is 1. The zero-order chi connectivity index (χ0) is 21.7. The molecule has 0 bridgehead atoms. The first kappa shape index (κ1) is 21.1. The summed E-state index contributed by atoms with van der Waals surface area (Å²) in [6.45, 7) is 1.86. The highest BCUT2D eigenvalue weighted by Crippen LogP contribution is 2.34. The van der Waals surface area contributed by atoms with E-state index in [-0.39, 0.29) is 16.8 Å². The molecule has 0 aliphatic heterocycles. The van der Waals surface area contributed by atoms with Gasteiger partial charge in [-0.2, -0.15) is 13.2 Å². The lowest BCUT2D eigenvalue weighted by molar-refractivity contribution is -0.137. The summed E-state index contributed by atoms with van der Waals surface area (Å²) in [5, 5.41) is 5.07. The quantitative estimate of drug-likeness (QED) is 0.439. The van der Waals surface area contributed by atoms with E-state index in [4.69, 9.17) is 0 Å². The summed E-state index contributed by atoms with van der Waals surface area (Å²) in [6.07, 6.45) is -6.02. The van der Waals surface area contributed by atoms with Crippen molar-refractivity contribution in [3.05, 3.63) is 101 Å². The van der Waals surface area contributed by atoms with Crippen LogP contribution in [0.3, 0.4) is 0 Å². The van der Waals surface area contributed by atoms with Crippen LogP contribution in [0.5, 0.6) is 0 Å². The van der Waals surface area contributed by atoms with Crippen LogP contribution in [0, 0.1) is 6.92 Å². The van der Waals surface area contributed by atoms with Crippen molar-refractivity contribution in [1.82, 2.24) is 5.32 Å². The summed E-state index contributed by atoms with van der Waals surface area (Å²) in [6, 6.07) is 19.5. The zero-order valence-electron chi connectivity index (χ0n) is 16.0. The maximum Gasteiger partial charge on any atom is 0.418 e. The highest BCUT2D eigenvalue weighted by Gasteiger charge is 2.34. The number of hydrogen-bond acceptors (Lipinski definition) is 3. The molecule has 0 spiro atoms. The average molecular weight is 412 g/mol. The fourth-order valence-electron chi connectivity index (χ4n) is 2.87. The fraction of sp³-hybridized carbons (Fsp3) is 0.130. The largest absolute Gasteiger partial charge is 0.418 e. The number of Topliss-reactive ketones (excluding diaryl/α,β-unsaturated/α-hetero) is 1. The predicted octanol–water partition coefficient (Wildman–Crippen LogP) is 5.06. The van der Waals surface area contributed by atoms with Crippen LogP contribution in [-0.2, 0) is 6.18 Å². The van der Waals surface area contributed by atoms with Crippen molar-refractivity contribution < 1.29 is 22.8 Å². The van der Waals surface area contributed by atoms with E-state index in [2.05, 4.69) is 10.6 Å². The third kappa shape index (κ3) is 5.05. The second kappa shape index (κ2) is 8.82. The summed E-state index contributed by atoms with van der Waals surface area (Å²) in [4.78, 5) is 25.6. The highest BCUT2D eigenvalue weighted by atomic mass is 19.4. The number of aryl methyl sites for hydroxylation is 1. The molecule has 1 amide bonds. The molecule has 0 radical (unpaired) electrons. The number of anilines is 1. The van der Waals surface area contributed by atoms with Gasteiger partial charge in [0.2, 0.25) is 5.78 Å². The molecule has 0 aliphatic carbocycles. The second-order valence-corrected chi connectivity index (χ2v) is 6.69. The van der Waals surface area contributed by atoms with E-state index in [1.807, 2.05) is 6.92 Å². The summed E-state index contributed by atoms with van der Waals surface area (Å²) < 4.78 is 40.1. The van der Waals surface area contributed by atoms with E-state index in [1.54, 1.807) is 42.5 Å². The van der Waals surface area contributed by atoms with E-state index in [0.717, 1.165) is 11.6 Å². The second-order valence-electron chi connectivity index (χ2n) is 6.69. The van der Waals surface area contributed by atoms with Crippen LogP contribution < -0.4 is 10.6 Å². The Balaban J connectivity index is 1.93. The van der Waals surface area contributed by atoms with Crippen molar-refractivity contribution in [3.63, 3.8) is 0 Å². The molecule has 3 aromatic carbocycles. The number of nitrogens with one attached hydrogen (secondary N) is 2. The Morgan fingerprint density at radius 2 is 1.40 bits per heavy atom. The number of amides is 1. The van der Waals surface area contributed by atoms with E-state index in [0.29, 0.717) is 0 Å². The molecular weight excluding hydrogens is 393 g/mol. The highest BCUT2D eigenvalue weighted by molar-refractivity contribution is 6.05. The first-order chi connectivity index (χ1) is 14.3. The molecule has 1 atom stereocenters. The van der Waals surface area contributed by atoms with Gasteiger partial charge in [-0.1, -0.05) is 60.2 Å². The van der Waals surface area contributed by atoms with Crippen molar-refractivity contribution in [1.29, 1.82) is 0 Å². The van der Waals surface area contributed by atoms with Crippen molar-refractivity contribution in [2.45, 2.75) is 19.3 Å². The molecule has 7 heteroatoms. The van der Waals surface area contributed by atoms with Gasteiger partial charge in [0, 0.05) is 16.8 Å². The number of carbonyl (C=O) groups is 2. The van der Waals surface area contributed by atoms with E-state index < -0.39 is 29.6 Å². The Hall–Kier alpha value is -3.61. The fourth-order valence-corrected chi connectivity index (χ4v) is 2.87. The van der Waals surface area contributed by atoms with Crippen LogP contribution >= 0.6 is 0 Å². The number of ketones is 1. The molecule has 0 heterocycles. The molecule has 30 heavy (non-hydrogen) atoms. The van der Waals surface area contributed by atoms with Gasteiger partial charge in [-0.05, 0) is 31.2 Å². The smallest absolute Gasteiger partial charge is 0.358 e. The summed E-state index contributed by atoms with van der Waals surface area (Å²) >= 11 is 0. The molecule has 0 saturated heterocycles. The topological polar surface area (TPSA) is 58.2 Å². The normalized spacial score (nSPS) is 12.1. The van der Waals surface area contributed by atoms with Crippen LogP contribution in [0.15, 0.2) is 78.9 Å². The van der Waals surface area contributed by atoms with Crippen LogP contribution in [0.1, 0.15) is 31.8 Å². The van der Waals surface area contributed by atoms with Gasteiger partial charge < -0.3 is 10.6 Å². The van der Waals surface area contributed by atoms with Crippen LogP contribution in [-0.4, -0.2) is 17.9 Å². The monoisotopic (exact) mass is 412 g/mol.